The van der Waals surface area contributed by atoms with Gasteiger partial charge in [0, 0.05) is 5.56 Å². The molecule has 5 heteroatoms. The lowest BCUT2D eigenvalue weighted by molar-refractivity contribution is 0.0472. The molecule has 2 aromatic rings. The minimum Gasteiger partial charge on any atom is -0.496 e. The predicted molar refractivity (Wildman–Crippen MR) is 84.6 cm³/mol. The van der Waals surface area contributed by atoms with E-state index in [9.17, 15) is 4.79 Å². The fraction of sp³-hybridized carbons (Fsp3) is 0.222. The lowest BCUT2D eigenvalue weighted by Crippen LogP contribution is -2.07. The van der Waals surface area contributed by atoms with E-state index in [0.29, 0.717) is 22.6 Å². The molecule has 2 aromatic carbocycles. The zero-order chi connectivity index (χ0) is 16.8. The Morgan fingerprint density at radius 1 is 1.09 bits per heavy atom. The number of carbonyl (C=O) groups is 1. The average molecular weight is 311 g/mol. The highest BCUT2D eigenvalue weighted by Crippen LogP contribution is 2.29. The summed E-state index contributed by atoms with van der Waals surface area (Å²) in [6, 6.07) is 12.2. The number of ether oxygens (including phenoxy) is 3. The number of esters is 1. The van der Waals surface area contributed by atoms with Crippen molar-refractivity contribution in [1.29, 1.82) is 5.26 Å². The normalized spacial score (nSPS) is 9.83. The molecule has 5 nitrogen and oxygen atoms in total. The number of rotatable bonds is 5. The second-order valence-electron chi connectivity index (χ2n) is 4.89. The highest BCUT2D eigenvalue weighted by Gasteiger charge is 2.14. The highest BCUT2D eigenvalue weighted by atomic mass is 16.5. The van der Waals surface area contributed by atoms with E-state index in [2.05, 4.69) is 0 Å². The van der Waals surface area contributed by atoms with Gasteiger partial charge in [0.15, 0.2) is 0 Å². The maximum absolute atomic E-state index is 12.2. The lowest BCUT2D eigenvalue weighted by atomic mass is 10.1. The first-order valence-electron chi connectivity index (χ1n) is 6.97. The maximum atomic E-state index is 12.2. The fourth-order valence-electron chi connectivity index (χ4n) is 2.11. The number of hydrogen-bond donors (Lipinski definition) is 0. The zero-order valence-electron chi connectivity index (χ0n) is 13.3. The van der Waals surface area contributed by atoms with Crippen molar-refractivity contribution in [2.75, 3.05) is 14.2 Å². The van der Waals surface area contributed by atoms with E-state index < -0.39 is 5.97 Å². The van der Waals surface area contributed by atoms with E-state index in [-0.39, 0.29) is 6.61 Å². The van der Waals surface area contributed by atoms with Crippen LogP contribution < -0.4 is 9.47 Å². The van der Waals surface area contributed by atoms with Gasteiger partial charge in [-0.15, -0.1) is 0 Å². The average Bonchev–Trinajstić information content (AvgIpc) is 2.60. The van der Waals surface area contributed by atoms with Gasteiger partial charge in [0.1, 0.15) is 18.1 Å². The Balaban J connectivity index is 2.12. The summed E-state index contributed by atoms with van der Waals surface area (Å²) in [6.07, 6.45) is 0. The predicted octanol–water partition coefficient (Wildman–Crippen LogP) is 3.24. The Bertz CT molecular complexity index is 720. The molecule has 0 heterocycles. The molecule has 0 spiro atoms. The van der Waals surface area contributed by atoms with Gasteiger partial charge in [-0.25, -0.2) is 4.79 Å². The Morgan fingerprint density at radius 3 is 2.13 bits per heavy atom. The van der Waals surface area contributed by atoms with Crippen LogP contribution in [0.25, 0.3) is 0 Å². The molecule has 0 saturated heterocycles. The molecule has 0 saturated carbocycles. The van der Waals surface area contributed by atoms with Gasteiger partial charge < -0.3 is 14.2 Å². The van der Waals surface area contributed by atoms with Crippen LogP contribution in [0.5, 0.6) is 11.5 Å². The third-order valence-electron chi connectivity index (χ3n) is 3.44. The van der Waals surface area contributed by atoms with Crippen LogP contribution in [0.15, 0.2) is 36.4 Å². The second kappa shape index (κ2) is 7.32. The molecule has 0 aliphatic rings. The number of hydrogen-bond acceptors (Lipinski definition) is 5. The summed E-state index contributed by atoms with van der Waals surface area (Å²) in [6.45, 7) is 1.98. The van der Waals surface area contributed by atoms with Gasteiger partial charge in [-0.2, -0.15) is 5.26 Å². The second-order valence-corrected chi connectivity index (χ2v) is 4.89. The van der Waals surface area contributed by atoms with Crippen molar-refractivity contribution in [1.82, 2.24) is 0 Å². The van der Waals surface area contributed by atoms with E-state index in [1.54, 1.807) is 36.4 Å². The van der Waals surface area contributed by atoms with Gasteiger partial charge in [-0.3, -0.25) is 0 Å². The largest absolute Gasteiger partial charge is 0.496 e. The van der Waals surface area contributed by atoms with Crippen LogP contribution in [0.4, 0.5) is 0 Å². The van der Waals surface area contributed by atoms with Gasteiger partial charge in [0.25, 0.3) is 0 Å². The molecule has 0 amide bonds. The quantitative estimate of drug-likeness (QED) is 0.793. The van der Waals surface area contributed by atoms with Crippen LogP contribution in [0.2, 0.25) is 0 Å². The first-order chi connectivity index (χ1) is 11.1. The highest BCUT2D eigenvalue weighted by molar-refractivity contribution is 5.90. The standard InChI is InChI=1S/C18H17NO4/c1-12-16(21-2)8-15(9-17(12)22-3)18(20)23-11-14-6-4-13(10-19)5-7-14/h4-9H,11H2,1-3H3. The molecule has 0 radical (unpaired) electrons. The fourth-order valence-corrected chi connectivity index (χ4v) is 2.11. The molecule has 0 unspecified atom stereocenters. The number of nitrogens with zero attached hydrogens (tertiary/aromatic N) is 1. The van der Waals surface area contributed by atoms with Crippen LogP contribution >= 0.6 is 0 Å². The Kier molecular flexibility index (Phi) is 5.21. The van der Waals surface area contributed by atoms with E-state index >= 15 is 0 Å². The molecular formula is C18H17NO4. The van der Waals surface area contributed by atoms with E-state index in [1.165, 1.54) is 14.2 Å². The van der Waals surface area contributed by atoms with E-state index in [0.717, 1.165) is 11.1 Å². The van der Waals surface area contributed by atoms with Crippen LogP contribution in [-0.4, -0.2) is 20.2 Å². The van der Waals surface area contributed by atoms with Gasteiger partial charge in [-0.05, 0) is 36.8 Å². The molecule has 0 aliphatic heterocycles. The summed E-state index contributed by atoms with van der Waals surface area (Å²) in [4.78, 5) is 12.2. The summed E-state index contributed by atoms with van der Waals surface area (Å²) >= 11 is 0. The Hall–Kier alpha value is -3.00. The van der Waals surface area contributed by atoms with Gasteiger partial charge in [0.05, 0.1) is 31.4 Å². The first-order valence-corrected chi connectivity index (χ1v) is 6.97. The number of nitriles is 1. The molecular weight excluding hydrogens is 294 g/mol. The van der Waals surface area contributed by atoms with Crippen LogP contribution in [-0.2, 0) is 11.3 Å². The van der Waals surface area contributed by atoms with Crippen molar-refractivity contribution in [2.24, 2.45) is 0 Å². The number of carbonyl (C=O) groups excluding carboxylic acids is 1. The van der Waals surface area contributed by atoms with Crippen molar-refractivity contribution in [2.45, 2.75) is 13.5 Å². The first kappa shape index (κ1) is 16.4. The molecule has 118 valence electrons. The molecule has 0 atom stereocenters. The third-order valence-corrected chi connectivity index (χ3v) is 3.44. The van der Waals surface area contributed by atoms with Gasteiger partial charge in [0.2, 0.25) is 0 Å². The summed E-state index contributed by atoms with van der Waals surface area (Å²) < 4.78 is 15.8. The molecule has 0 fully saturated rings. The summed E-state index contributed by atoms with van der Waals surface area (Å²) in [5.74, 6) is 0.662. The van der Waals surface area contributed by atoms with E-state index in [4.69, 9.17) is 19.5 Å². The summed E-state index contributed by atoms with van der Waals surface area (Å²) in [7, 11) is 3.07. The summed E-state index contributed by atoms with van der Waals surface area (Å²) in [5, 5.41) is 8.76. The Morgan fingerprint density at radius 2 is 1.65 bits per heavy atom. The van der Waals surface area contributed by atoms with E-state index in [1.807, 2.05) is 13.0 Å². The zero-order valence-corrected chi connectivity index (χ0v) is 13.3. The number of methoxy groups -OCH3 is 2. The van der Waals surface area contributed by atoms with Crippen molar-refractivity contribution in [3.8, 4) is 17.6 Å². The SMILES string of the molecule is COc1cc(C(=O)OCc2ccc(C#N)cc2)cc(OC)c1C. The minimum absolute atomic E-state index is 0.128. The van der Waals surface area contributed by atoms with Crippen molar-refractivity contribution < 1.29 is 19.0 Å². The lowest BCUT2D eigenvalue weighted by Gasteiger charge is -2.12. The minimum atomic E-state index is -0.467. The molecule has 2 rings (SSSR count). The molecule has 0 N–H and O–H groups in total. The summed E-state index contributed by atoms with van der Waals surface area (Å²) in [5.41, 5.74) is 2.55. The molecule has 0 aromatic heterocycles. The molecule has 0 aliphatic carbocycles. The van der Waals surface area contributed by atoms with Crippen molar-refractivity contribution in [3.63, 3.8) is 0 Å². The topological polar surface area (TPSA) is 68.5 Å². The molecule has 0 bridgehead atoms. The molecule has 23 heavy (non-hydrogen) atoms. The van der Waals surface area contributed by atoms with Crippen molar-refractivity contribution in [3.05, 3.63) is 58.7 Å². The van der Waals surface area contributed by atoms with Crippen LogP contribution in [0.3, 0.4) is 0 Å². The van der Waals surface area contributed by atoms with Gasteiger partial charge >= 0.3 is 5.97 Å². The van der Waals surface area contributed by atoms with Crippen LogP contribution in [0, 0.1) is 18.3 Å². The monoisotopic (exact) mass is 311 g/mol. The Labute approximate surface area is 135 Å². The maximum Gasteiger partial charge on any atom is 0.338 e. The van der Waals surface area contributed by atoms with Crippen molar-refractivity contribution >= 4 is 5.97 Å². The van der Waals surface area contributed by atoms with Crippen LogP contribution in [0.1, 0.15) is 27.0 Å². The number of benzene rings is 2. The third kappa shape index (κ3) is 3.80. The smallest absolute Gasteiger partial charge is 0.338 e. The van der Waals surface area contributed by atoms with Gasteiger partial charge in [-0.1, -0.05) is 12.1 Å².